The minimum Gasteiger partial charge on any atom is -0.391 e. The summed E-state index contributed by atoms with van der Waals surface area (Å²) < 4.78 is 39.8. The lowest BCUT2D eigenvalue weighted by molar-refractivity contribution is -0.138. The molecule has 0 radical (unpaired) electrons. The van der Waals surface area contributed by atoms with E-state index in [-0.39, 0.29) is 24.1 Å². The molecule has 24 heavy (non-hydrogen) atoms. The first-order valence-electron chi connectivity index (χ1n) is 7.30. The highest BCUT2D eigenvalue weighted by Crippen LogP contribution is 2.40. The maximum Gasteiger partial charge on any atom is 0.416 e. The van der Waals surface area contributed by atoms with Crippen LogP contribution in [-0.4, -0.2) is 38.8 Å². The summed E-state index contributed by atoms with van der Waals surface area (Å²) in [5.74, 6) is -0.483. The van der Waals surface area contributed by atoms with Gasteiger partial charge in [-0.15, -0.1) is 0 Å². The van der Waals surface area contributed by atoms with Gasteiger partial charge in [0.15, 0.2) is 0 Å². The van der Waals surface area contributed by atoms with Gasteiger partial charge in [0.2, 0.25) is 0 Å². The molecule has 8 heteroatoms. The van der Waals surface area contributed by atoms with Gasteiger partial charge in [-0.1, -0.05) is 18.2 Å². The number of likely N-dealkylation sites (tertiary alicyclic amines) is 1. The number of halogens is 3. The Balaban J connectivity index is 1.99. The average molecular weight is 337 g/mol. The van der Waals surface area contributed by atoms with Gasteiger partial charge in [-0.3, -0.25) is 4.79 Å². The van der Waals surface area contributed by atoms with E-state index in [1.54, 1.807) is 0 Å². The van der Waals surface area contributed by atoms with Crippen molar-refractivity contribution in [1.82, 2.24) is 15.1 Å². The van der Waals surface area contributed by atoms with Crippen LogP contribution < -0.4 is 0 Å². The van der Waals surface area contributed by atoms with Gasteiger partial charge >= 0.3 is 6.18 Å². The number of nitrogens with zero attached hydrogens (tertiary/aromatic N) is 3. The van der Waals surface area contributed by atoms with E-state index in [2.05, 4.69) is 10.2 Å². The smallest absolute Gasteiger partial charge is 0.391 e. The van der Waals surface area contributed by atoms with E-state index >= 15 is 0 Å². The molecule has 1 N–H and O–H groups in total. The van der Waals surface area contributed by atoms with Crippen LogP contribution >= 0.6 is 0 Å². The Morgan fingerprint density at radius 1 is 1.21 bits per heavy atom. The van der Waals surface area contributed by atoms with Crippen LogP contribution in [0.4, 0.5) is 13.2 Å². The highest BCUT2D eigenvalue weighted by atomic mass is 19.4. The Labute approximate surface area is 135 Å². The summed E-state index contributed by atoms with van der Waals surface area (Å²) in [5.41, 5.74) is -0.597. The highest BCUT2D eigenvalue weighted by Gasteiger charge is 2.41. The Morgan fingerprint density at radius 2 is 1.96 bits per heavy atom. The highest BCUT2D eigenvalue weighted by molar-refractivity contribution is 5.94. The van der Waals surface area contributed by atoms with Gasteiger partial charge in [-0.25, -0.2) is 0 Å². The van der Waals surface area contributed by atoms with Crippen LogP contribution in [0.15, 0.2) is 42.7 Å². The molecule has 2 atom stereocenters. The molecule has 0 spiro atoms. The third-order valence-corrected chi connectivity index (χ3v) is 4.00. The Morgan fingerprint density at radius 3 is 2.62 bits per heavy atom. The van der Waals surface area contributed by atoms with Crippen molar-refractivity contribution >= 4 is 5.91 Å². The number of aliphatic hydroxyl groups excluding tert-OH is 1. The molecule has 1 aliphatic rings. The SMILES string of the molecule is O=C(c1ccnnc1)N1C[C@H](O)C[C@@H]1c1ccccc1C(F)(F)F. The molecule has 0 aliphatic carbocycles. The van der Waals surface area contributed by atoms with E-state index in [1.165, 1.54) is 41.6 Å². The predicted octanol–water partition coefficient (Wildman–Crippen LogP) is 2.44. The summed E-state index contributed by atoms with van der Waals surface area (Å²) in [4.78, 5) is 13.9. The second-order valence-electron chi connectivity index (χ2n) is 5.58. The van der Waals surface area contributed by atoms with E-state index in [9.17, 15) is 23.1 Å². The third kappa shape index (κ3) is 3.09. The second-order valence-corrected chi connectivity index (χ2v) is 5.58. The number of carbonyl (C=O) groups is 1. The fraction of sp³-hybridized carbons (Fsp3) is 0.312. The molecule has 5 nitrogen and oxygen atoms in total. The van der Waals surface area contributed by atoms with Crippen LogP contribution in [0.2, 0.25) is 0 Å². The Kier molecular flexibility index (Phi) is 4.23. The van der Waals surface area contributed by atoms with Crippen LogP contribution in [0.3, 0.4) is 0 Å². The average Bonchev–Trinajstić information content (AvgIpc) is 2.96. The van der Waals surface area contributed by atoms with Crippen molar-refractivity contribution in [2.24, 2.45) is 0 Å². The molecule has 1 fully saturated rings. The molecule has 1 aliphatic heterocycles. The topological polar surface area (TPSA) is 66.3 Å². The Hall–Kier alpha value is -2.48. The lowest BCUT2D eigenvalue weighted by Crippen LogP contribution is -2.32. The molecule has 126 valence electrons. The minimum absolute atomic E-state index is 0.0167. The van der Waals surface area contributed by atoms with Gasteiger partial charge in [0.05, 0.1) is 35.7 Å². The van der Waals surface area contributed by atoms with Gasteiger partial charge in [0, 0.05) is 6.54 Å². The predicted molar refractivity (Wildman–Crippen MR) is 77.9 cm³/mol. The molecular formula is C16H14F3N3O2. The number of rotatable bonds is 2. The number of carbonyl (C=O) groups excluding carboxylic acids is 1. The number of aromatic nitrogens is 2. The quantitative estimate of drug-likeness (QED) is 0.914. The largest absolute Gasteiger partial charge is 0.416 e. The molecule has 1 amide bonds. The molecule has 1 aromatic heterocycles. The maximum absolute atomic E-state index is 13.3. The van der Waals surface area contributed by atoms with Crippen LogP contribution in [0.1, 0.15) is 33.9 Å². The monoisotopic (exact) mass is 337 g/mol. The number of aliphatic hydroxyl groups is 1. The summed E-state index contributed by atoms with van der Waals surface area (Å²) in [6.45, 7) is -0.0297. The van der Waals surface area contributed by atoms with Gasteiger partial charge in [-0.05, 0) is 24.1 Å². The summed E-state index contributed by atoms with van der Waals surface area (Å²) in [7, 11) is 0. The molecule has 1 aromatic carbocycles. The van der Waals surface area contributed by atoms with Crippen molar-refractivity contribution in [2.45, 2.75) is 24.7 Å². The van der Waals surface area contributed by atoms with Crippen molar-refractivity contribution in [3.05, 3.63) is 59.4 Å². The van der Waals surface area contributed by atoms with Crippen molar-refractivity contribution < 1.29 is 23.1 Å². The zero-order chi connectivity index (χ0) is 17.3. The first-order valence-corrected chi connectivity index (χ1v) is 7.30. The molecule has 0 unspecified atom stereocenters. The fourth-order valence-corrected chi connectivity index (χ4v) is 2.96. The Bertz CT molecular complexity index is 737. The van der Waals surface area contributed by atoms with Crippen LogP contribution in [0.5, 0.6) is 0 Å². The third-order valence-electron chi connectivity index (χ3n) is 4.00. The first-order chi connectivity index (χ1) is 11.4. The van der Waals surface area contributed by atoms with Crippen LogP contribution in [0.25, 0.3) is 0 Å². The van der Waals surface area contributed by atoms with Gasteiger partial charge in [0.25, 0.3) is 5.91 Å². The molecular weight excluding hydrogens is 323 g/mol. The number of amides is 1. The zero-order valence-electron chi connectivity index (χ0n) is 12.4. The molecule has 2 heterocycles. The van der Waals surface area contributed by atoms with Crippen molar-refractivity contribution in [3.63, 3.8) is 0 Å². The van der Waals surface area contributed by atoms with E-state index in [4.69, 9.17) is 0 Å². The van der Waals surface area contributed by atoms with Crippen molar-refractivity contribution in [1.29, 1.82) is 0 Å². The summed E-state index contributed by atoms with van der Waals surface area (Å²) >= 11 is 0. The molecule has 0 saturated carbocycles. The maximum atomic E-state index is 13.3. The lowest BCUT2D eigenvalue weighted by Gasteiger charge is -2.27. The number of hydrogen-bond donors (Lipinski definition) is 1. The van der Waals surface area contributed by atoms with Gasteiger partial charge in [-0.2, -0.15) is 23.4 Å². The molecule has 1 saturated heterocycles. The van der Waals surface area contributed by atoms with Gasteiger partial charge in [0.1, 0.15) is 0 Å². The van der Waals surface area contributed by atoms with Crippen molar-refractivity contribution in [3.8, 4) is 0 Å². The molecule has 0 bridgehead atoms. The summed E-state index contributed by atoms with van der Waals surface area (Å²) in [5, 5.41) is 17.1. The van der Waals surface area contributed by atoms with E-state index in [0.29, 0.717) is 0 Å². The van der Waals surface area contributed by atoms with Crippen LogP contribution in [-0.2, 0) is 6.18 Å². The minimum atomic E-state index is -4.53. The first kappa shape index (κ1) is 16.4. The van der Waals surface area contributed by atoms with Crippen LogP contribution in [0, 0.1) is 0 Å². The number of hydrogen-bond acceptors (Lipinski definition) is 4. The normalized spacial score (nSPS) is 21.1. The van der Waals surface area contributed by atoms with Crippen molar-refractivity contribution in [2.75, 3.05) is 6.54 Å². The van der Waals surface area contributed by atoms with E-state index < -0.39 is 29.8 Å². The van der Waals surface area contributed by atoms with Gasteiger partial charge < -0.3 is 10.0 Å². The summed E-state index contributed by atoms with van der Waals surface area (Å²) in [6.07, 6.45) is -2.78. The number of alkyl halides is 3. The zero-order valence-corrected chi connectivity index (χ0v) is 12.4. The second kappa shape index (κ2) is 6.20. The lowest BCUT2D eigenvalue weighted by atomic mass is 9.97. The van der Waals surface area contributed by atoms with E-state index in [1.807, 2.05) is 0 Å². The molecule has 3 rings (SSSR count). The number of β-amino-alcohol motifs (C(OH)–C–C–N with tert-alkyl or cyclic N) is 1. The standard InChI is InChI=1S/C16H14F3N3O2/c17-16(18,19)13-4-2-1-3-12(13)14-7-11(23)9-22(14)15(24)10-5-6-20-21-8-10/h1-6,8,11,14,23H,7,9H2/t11-,14-/m1/s1. The fourth-order valence-electron chi connectivity index (χ4n) is 2.96. The molecule has 2 aromatic rings. The van der Waals surface area contributed by atoms with E-state index in [0.717, 1.165) is 6.07 Å². The summed E-state index contributed by atoms with van der Waals surface area (Å²) in [6, 6.07) is 5.71. The number of benzene rings is 1.